The lowest BCUT2D eigenvalue weighted by Crippen LogP contribution is -2.04. The standard InChI is InChI=1S/C11H11ClFN3S/c1-14-6-11-16-15-10(17-11)5-7-8(12)3-2-4-9(7)13/h2-4,14H,5-6H2,1H3. The average molecular weight is 272 g/mol. The van der Waals surface area contributed by atoms with E-state index in [0.717, 1.165) is 10.0 Å². The molecule has 0 aliphatic rings. The van der Waals surface area contributed by atoms with Crippen LogP contribution in [0, 0.1) is 5.82 Å². The van der Waals surface area contributed by atoms with Crippen LogP contribution < -0.4 is 5.32 Å². The molecule has 3 nitrogen and oxygen atoms in total. The van der Waals surface area contributed by atoms with E-state index in [4.69, 9.17) is 11.6 Å². The Morgan fingerprint density at radius 3 is 2.82 bits per heavy atom. The Morgan fingerprint density at radius 1 is 1.35 bits per heavy atom. The molecule has 0 aliphatic carbocycles. The largest absolute Gasteiger partial charge is 0.313 e. The zero-order valence-corrected chi connectivity index (χ0v) is 10.8. The molecule has 1 aromatic carbocycles. The lowest BCUT2D eigenvalue weighted by Gasteiger charge is -2.02. The summed E-state index contributed by atoms with van der Waals surface area (Å²) < 4.78 is 13.6. The minimum Gasteiger partial charge on any atom is -0.313 e. The van der Waals surface area contributed by atoms with Gasteiger partial charge in [0.15, 0.2) is 0 Å². The zero-order valence-electron chi connectivity index (χ0n) is 9.20. The Labute approximate surface area is 108 Å². The Balaban J connectivity index is 2.19. The fraction of sp³-hybridized carbons (Fsp3) is 0.273. The normalized spacial score (nSPS) is 10.8. The molecule has 0 aliphatic heterocycles. The van der Waals surface area contributed by atoms with Gasteiger partial charge in [-0.25, -0.2) is 4.39 Å². The van der Waals surface area contributed by atoms with Gasteiger partial charge in [-0.2, -0.15) is 0 Å². The third-order valence-corrected chi connectivity index (χ3v) is 3.50. The number of hydrogen-bond donors (Lipinski definition) is 1. The van der Waals surface area contributed by atoms with Crippen molar-refractivity contribution in [3.05, 3.63) is 44.6 Å². The SMILES string of the molecule is CNCc1nnc(Cc2c(F)cccc2Cl)s1. The van der Waals surface area contributed by atoms with Gasteiger partial charge in [0.2, 0.25) is 0 Å². The summed E-state index contributed by atoms with van der Waals surface area (Å²) in [5, 5.41) is 13.1. The summed E-state index contributed by atoms with van der Waals surface area (Å²) in [5.41, 5.74) is 0.473. The van der Waals surface area contributed by atoms with Crippen LogP contribution in [0.2, 0.25) is 5.02 Å². The molecule has 0 radical (unpaired) electrons. The average Bonchev–Trinajstić information content (AvgIpc) is 2.72. The summed E-state index contributed by atoms with van der Waals surface area (Å²) in [7, 11) is 1.84. The molecule has 17 heavy (non-hydrogen) atoms. The minimum atomic E-state index is -0.303. The molecule has 0 fully saturated rings. The van der Waals surface area contributed by atoms with Gasteiger partial charge < -0.3 is 5.32 Å². The van der Waals surface area contributed by atoms with Crippen LogP contribution in [0.25, 0.3) is 0 Å². The first-order valence-electron chi connectivity index (χ1n) is 5.09. The maximum atomic E-state index is 13.6. The van der Waals surface area contributed by atoms with Crippen molar-refractivity contribution in [2.45, 2.75) is 13.0 Å². The highest BCUT2D eigenvalue weighted by atomic mass is 35.5. The molecule has 0 unspecified atom stereocenters. The van der Waals surface area contributed by atoms with Crippen molar-refractivity contribution in [3.63, 3.8) is 0 Å². The van der Waals surface area contributed by atoms with Gasteiger partial charge in [0, 0.05) is 23.6 Å². The topological polar surface area (TPSA) is 37.8 Å². The van der Waals surface area contributed by atoms with Crippen molar-refractivity contribution < 1.29 is 4.39 Å². The van der Waals surface area contributed by atoms with Gasteiger partial charge in [0.1, 0.15) is 15.8 Å². The van der Waals surface area contributed by atoms with Crippen LogP contribution in [-0.2, 0) is 13.0 Å². The summed E-state index contributed by atoms with van der Waals surface area (Å²) in [6.45, 7) is 0.669. The van der Waals surface area contributed by atoms with E-state index in [1.165, 1.54) is 17.4 Å². The molecule has 6 heteroatoms. The summed E-state index contributed by atoms with van der Waals surface area (Å²) in [5.74, 6) is -0.303. The van der Waals surface area contributed by atoms with Crippen molar-refractivity contribution in [2.24, 2.45) is 0 Å². The van der Waals surface area contributed by atoms with Crippen LogP contribution in [-0.4, -0.2) is 17.2 Å². The molecule has 0 saturated carbocycles. The van der Waals surface area contributed by atoms with E-state index in [1.807, 2.05) is 7.05 Å². The van der Waals surface area contributed by atoms with Gasteiger partial charge in [0.25, 0.3) is 0 Å². The lowest BCUT2D eigenvalue weighted by atomic mass is 10.1. The number of hydrogen-bond acceptors (Lipinski definition) is 4. The van der Waals surface area contributed by atoms with Crippen LogP contribution >= 0.6 is 22.9 Å². The first-order valence-corrected chi connectivity index (χ1v) is 6.29. The molecule has 1 N–H and O–H groups in total. The minimum absolute atomic E-state index is 0.303. The van der Waals surface area contributed by atoms with Gasteiger partial charge in [-0.05, 0) is 19.2 Å². The second-order valence-corrected chi connectivity index (χ2v) is 5.05. The second-order valence-electron chi connectivity index (χ2n) is 3.50. The molecule has 1 aromatic heterocycles. The number of halogens is 2. The molecule has 0 amide bonds. The van der Waals surface area contributed by atoms with Crippen LogP contribution in [0.4, 0.5) is 4.39 Å². The molecule has 0 atom stereocenters. The fourth-order valence-electron chi connectivity index (χ4n) is 1.43. The van der Waals surface area contributed by atoms with E-state index >= 15 is 0 Å². The van der Waals surface area contributed by atoms with Gasteiger partial charge >= 0.3 is 0 Å². The highest BCUT2D eigenvalue weighted by molar-refractivity contribution is 7.11. The predicted molar refractivity (Wildman–Crippen MR) is 66.9 cm³/mol. The second kappa shape index (κ2) is 5.53. The summed E-state index contributed by atoms with van der Waals surface area (Å²) in [4.78, 5) is 0. The number of benzene rings is 1. The van der Waals surface area contributed by atoms with Crippen molar-refractivity contribution in [2.75, 3.05) is 7.05 Å². The molecule has 2 rings (SSSR count). The Bertz CT molecular complexity index is 495. The number of nitrogens with one attached hydrogen (secondary N) is 1. The number of aromatic nitrogens is 2. The van der Waals surface area contributed by atoms with E-state index in [1.54, 1.807) is 12.1 Å². The van der Waals surface area contributed by atoms with Crippen molar-refractivity contribution in [1.82, 2.24) is 15.5 Å². The van der Waals surface area contributed by atoms with E-state index in [2.05, 4.69) is 15.5 Å². The fourth-order valence-corrected chi connectivity index (χ4v) is 2.53. The quantitative estimate of drug-likeness (QED) is 0.929. The molecule has 0 spiro atoms. The van der Waals surface area contributed by atoms with Crippen molar-refractivity contribution in [3.8, 4) is 0 Å². The van der Waals surface area contributed by atoms with Crippen molar-refractivity contribution in [1.29, 1.82) is 0 Å². The maximum Gasteiger partial charge on any atom is 0.131 e. The van der Waals surface area contributed by atoms with Gasteiger partial charge in [-0.1, -0.05) is 29.0 Å². The first-order chi connectivity index (χ1) is 8.20. The molecule has 1 heterocycles. The zero-order chi connectivity index (χ0) is 12.3. The monoisotopic (exact) mass is 271 g/mol. The van der Waals surface area contributed by atoms with Gasteiger partial charge in [0.05, 0.1) is 0 Å². The van der Waals surface area contributed by atoms with E-state index in [0.29, 0.717) is 23.6 Å². The molecule has 0 saturated heterocycles. The third-order valence-electron chi connectivity index (χ3n) is 2.23. The summed E-state index contributed by atoms with van der Waals surface area (Å²) in [6, 6.07) is 4.67. The van der Waals surface area contributed by atoms with Crippen LogP contribution in [0.15, 0.2) is 18.2 Å². The molecular formula is C11H11ClFN3S. The van der Waals surface area contributed by atoms with Gasteiger partial charge in [-0.3, -0.25) is 0 Å². The summed E-state index contributed by atoms with van der Waals surface area (Å²) >= 11 is 7.41. The molecule has 90 valence electrons. The molecule has 0 bridgehead atoms. The highest BCUT2D eigenvalue weighted by Gasteiger charge is 2.11. The molecular weight excluding hydrogens is 261 g/mol. The van der Waals surface area contributed by atoms with Crippen LogP contribution in [0.1, 0.15) is 15.6 Å². The maximum absolute atomic E-state index is 13.6. The van der Waals surface area contributed by atoms with E-state index in [9.17, 15) is 4.39 Å². The Kier molecular flexibility index (Phi) is 4.04. The summed E-state index contributed by atoms with van der Waals surface area (Å²) in [6.07, 6.45) is 0.382. The third kappa shape index (κ3) is 3.00. The van der Waals surface area contributed by atoms with E-state index < -0.39 is 0 Å². The van der Waals surface area contributed by atoms with E-state index in [-0.39, 0.29) is 5.82 Å². The van der Waals surface area contributed by atoms with Crippen molar-refractivity contribution >= 4 is 22.9 Å². The first kappa shape index (κ1) is 12.4. The lowest BCUT2D eigenvalue weighted by molar-refractivity contribution is 0.613. The van der Waals surface area contributed by atoms with Gasteiger partial charge in [-0.15, -0.1) is 10.2 Å². The number of nitrogens with zero attached hydrogens (tertiary/aromatic N) is 2. The van der Waals surface area contributed by atoms with Crippen LogP contribution in [0.5, 0.6) is 0 Å². The Hall–Kier alpha value is -1.04. The smallest absolute Gasteiger partial charge is 0.131 e. The predicted octanol–water partition coefficient (Wildman–Crippen LogP) is 2.64. The molecule has 2 aromatic rings. The number of rotatable bonds is 4. The Morgan fingerprint density at radius 2 is 2.12 bits per heavy atom. The highest BCUT2D eigenvalue weighted by Crippen LogP contribution is 2.23. The van der Waals surface area contributed by atoms with Crippen LogP contribution in [0.3, 0.4) is 0 Å².